The van der Waals surface area contributed by atoms with Crippen LogP contribution in [0.4, 0.5) is 0 Å². The van der Waals surface area contributed by atoms with E-state index in [0.29, 0.717) is 11.4 Å². The minimum absolute atomic E-state index is 0.562. The van der Waals surface area contributed by atoms with Gasteiger partial charge in [0.1, 0.15) is 11.5 Å². The maximum Gasteiger partial charge on any atom is 0.145 e. The third-order valence-corrected chi connectivity index (χ3v) is 2.91. The largest absolute Gasteiger partial charge is 0.455 e. The Bertz CT molecular complexity index is 497. The van der Waals surface area contributed by atoms with Gasteiger partial charge in [0, 0.05) is 0 Å². The molecule has 0 aliphatic carbocycles. The van der Waals surface area contributed by atoms with Crippen molar-refractivity contribution in [2.75, 3.05) is 0 Å². The first kappa shape index (κ1) is 12.1. The number of halogens is 1. The summed E-state index contributed by atoms with van der Waals surface area (Å²) < 4.78 is 6.54. The van der Waals surface area contributed by atoms with Crippen LogP contribution < -0.4 is 4.74 Å². The molecule has 0 spiro atoms. The lowest BCUT2D eigenvalue weighted by molar-refractivity contribution is 0.194. The molecule has 0 radical (unpaired) electrons. The second kappa shape index (κ2) is 5.29. The molecule has 1 atom stereocenters. The van der Waals surface area contributed by atoms with E-state index in [-0.39, 0.29) is 0 Å². The van der Waals surface area contributed by atoms with Gasteiger partial charge in [-0.05, 0) is 47.1 Å². The molecule has 0 saturated heterocycles. The monoisotopic (exact) mass is 293 g/mol. The Morgan fingerprint density at radius 1 is 1.24 bits per heavy atom. The third kappa shape index (κ3) is 3.05. The molecule has 88 valence electrons. The Morgan fingerprint density at radius 2 is 2.00 bits per heavy atom. The van der Waals surface area contributed by atoms with Crippen LogP contribution in [0.25, 0.3) is 0 Å². The minimum Gasteiger partial charge on any atom is -0.455 e. The van der Waals surface area contributed by atoms with Crippen LogP contribution >= 0.6 is 15.9 Å². The predicted molar refractivity (Wildman–Crippen MR) is 69.1 cm³/mol. The topological polar surface area (TPSA) is 42.4 Å². The van der Waals surface area contributed by atoms with Gasteiger partial charge in [-0.3, -0.25) is 4.98 Å². The van der Waals surface area contributed by atoms with E-state index in [1.165, 1.54) is 0 Å². The highest BCUT2D eigenvalue weighted by Crippen LogP contribution is 2.28. The summed E-state index contributed by atoms with van der Waals surface area (Å²) in [5.41, 5.74) is 0.629. The van der Waals surface area contributed by atoms with E-state index in [1.54, 1.807) is 25.3 Å². The molecule has 0 unspecified atom stereocenters. The zero-order valence-corrected chi connectivity index (χ0v) is 10.9. The average Bonchev–Trinajstić information content (AvgIpc) is 2.33. The second-order valence-corrected chi connectivity index (χ2v) is 4.48. The van der Waals surface area contributed by atoms with Crippen molar-refractivity contribution in [3.63, 3.8) is 0 Å². The first-order chi connectivity index (χ1) is 8.16. The molecule has 1 heterocycles. The molecule has 0 saturated carbocycles. The molecule has 0 aliphatic rings. The molecule has 2 rings (SSSR count). The number of pyridine rings is 1. The van der Waals surface area contributed by atoms with Gasteiger partial charge < -0.3 is 9.84 Å². The summed E-state index contributed by atoms with van der Waals surface area (Å²) in [5, 5.41) is 9.34. The number of ether oxygens (including phenoxy) is 1. The molecule has 0 amide bonds. The summed E-state index contributed by atoms with van der Waals surface area (Å²) in [6.45, 7) is 1.68. The Morgan fingerprint density at radius 3 is 2.59 bits per heavy atom. The molecule has 1 aromatic heterocycles. The van der Waals surface area contributed by atoms with Gasteiger partial charge in [-0.2, -0.15) is 0 Å². The molecule has 0 aliphatic heterocycles. The van der Waals surface area contributed by atoms with Crippen molar-refractivity contribution in [3.05, 3.63) is 52.8 Å². The Balaban J connectivity index is 2.17. The number of rotatable bonds is 3. The number of para-hydroxylation sites is 1. The SMILES string of the molecule is C[C@H](O)c1ccc(Oc2ccccc2Br)cn1. The lowest BCUT2D eigenvalue weighted by atomic mass is 10.2. The van der Waals surface area contributed by atoms with Crippen LogP contribution in [0.1, 0.15) is 18.7 Å². The van der Waals surface area contributed by atoms with Crippen molar-refractivity contribution in [3.8, 4) is 11.5 Å². The fourth-order valence-electron chi connectivity index (χ4n) is 1.35. The zero-order chi connectivity index (χ0) is 12.3. The molecule has 1 N–H and O–H groups in total. The maximum absolute atomic E-state index is 9.34. The fourth-order valence-corrected chi connectivity index (χ4v) is 1.72. The van der Waals surface area contributed by atoms with E-state index in [9.17, 15) is 5.11 Å². The van der Waals surface area contributed by atoms with Crippen LogP contribution in [0.5, 0.6) is 11.5 Å². The summed E-state index contributed by atoms with van der Waals surface area (Å²) in [7, 11) is 0. The summed E-state index contributed by atoms with van der Waals surface area (Å²) in [5.74, 6) is 1.38. The minimum atomic E-state index is -0.562. The molecule has 0 bridgehead atoms. The fraction of sp³-hybridized carbons (Fsp3) is 0.154. The third-order valence-electron chi connectivity index (χ3n) is 2.25. The van der Waals surface area contributed by atoms with Gasteiger partial charge in [0.25, 0.3) is 0 Å². The Kier molecular flexibility index (Phi) is 3.76. The molecule has 1 aromatic carbocycles. The molecular weight excluding hydrogens is 282 g/mol. The lowest BCUT2D eigenvalue weighted by Gasteiger charge is -2.08. The highest BCUT2D eigenvalue weighted by Gasteiger charge is 2.04. The van der Waals surface area contributed by atoms with E-state index >= 15 is 0 Å². The summed E-state index contributed by atoms with van der Waals surface area (Å²) >= 11 is 3.41. The average molecular weight is 294 g/mol. The predicted octanol–water partition coefficient (Wildman–Crippen LogP) is 3.69. The Hall–Kier alpha value is -1.39. The van der Waals surface area contributed by atoms with Crippen molar-refractivity contribution in [2.45, 2.75) is 13.0 Å². The summed E-state index contributed by atoms with van der Waals surface area (Å²) in [6, 6.07) is 11.1. The lowest BCUT2D eigenvalue weighted by Crippen LogP contribution is -1.95. The van der Waals surface area contributed by atoms with E-state index in [1.807, 2.05) is 24.3 Å². The van der Waals surface area contributed by atoms with E-state index in [4.69, 9.17) is 4.74 Å². The second-order valence-electron chi connectivity index (χ2n) is 3.63. The van der Waals surface area contributed by atoms with Gasteiger partial charge in [0.15, 0.2) is 0 Å². The van der Waals surface area contributed by atoms with Crippen molar-refractivity contribution in [1.29, 1.82) is 0 Å². The highest BCUT2D eigenvalue weighted by molar-refractivity contribution is 9.10. The number of aromatic nitrogens is 1. The van der Waals surface area contributed by atoms with Crippen molar-refractivity contribution in [2.24, 2.45) is 0 Å². The number of aliphatic hydroxyl groups excluding tert-OH is 1. The molecule has 2 aromatic rings. The van der Waals surface area contributed by atoms with Gasteiger partial charge in [-0.15, -0.1) is 0 Å². The van der Waals surface area contributed by atoms with Crippen LogP contribution in [0.3, 0.4) is 0 Å². The highest BCUT2D eigenvalue weighted by atomic mass is 79.9. The first-order valence-corrected chi connectivity index (χ1v) is 6.02. The summed E-state index contributed by atoms with van der Waals surface area (Å²) in [4.78, 5) is 4.11. The molecule has 3 nitrogen and oxygen atoms in total. The first-order valence-electron chi connectivity index (χ1n) is 5.23. The van der Waals surface area contributed by atoms with E-state index in [0.717, 1.165) is 10.2 Å². The van der Waals surface area contributed by atoms with E-state index < -0.39 is 6.10 Å². The molecule has 0 fully saturated rings. The standard InChI is InChI=1S/C13H12BrNO2/c1-9(16)12-7-6-10(8-15-12)17-13-5-3-2-4-11(13)14/h2-9,16H,1H3/t9-/m0/s1. The van der Waals surface area contributed by atoms with Crippen LogP contribution in [-0.4, -0.2) is 10.1 Å². The quantitative estimate of drug-likeness (QED) is 0.938. The zero-order valence-electron chi connectivity index (χ0n) is 9.30. The van der Waals surface area contributed by atoms with Gasteiger partial charge >= 0.3 is 0 Å². The number of hydrogen-bond donors (Lipinski definition) is 1. The number of hydrogen-bond acceptors (Lipinski definition) is 3. The molecular formula is C13H12BrNO2. The van der Waals surface area contributed by atoms with Gasteiger partial charge in [0.2, 0.25) is 0 Å². The van der Waals surface area contributed by atoms with Crippen molar-refractivity contribution < 1.29 is 9.84 Å². The van der Waals surface area contributed by atoms with E-state index in [2.05, 4.69) is 20.9 Å². The van der Waals surface area contributed by atoms with Crippen molar-refractivity contribution >= 4 is 15.9 Å². The number of aliphatic hydroxyl groups is 1. The summed E-state index contributed by atoms with van der Waals surface area (Å²) in [6.07, 6.45) is 1.04. The van der Waals surface area contributed by atoms with Crippen LogP contribution in [0, 0.1) is 0 Å². The maximum atomic E-state index is 9.34. The van der Waals surface area contributed by atoms with Gasteiger partial charge in [-0.1, -0.05) is 12.1 Å². The van der Waals surface area contributed by atoms with Gasteiger partial charge in [0.05, 0.1) is 22.5 Å². The van der Waals surface area contributed by atoms with Crippen LogP contribution in [0.15, 0.2) is 47.1 Å². The Labute approximate surface area is 108 Å². The smallest absolute Gasteiger partial charge is 0.145 e. The van der Waals surface area contributed by atoms with Gasteiger partial charge in [-0.25, -0.2) is 0 Å². The van der Waals surface area contributed by atoms with Crippen LogP contribution in [0.2, 0.25) is 0 Å². The number of nitrogens with zero attached hydrogens (tertiary/aromatic N) is 1. The normalized spacial score (nSPS) is 12.2. The molecule has 17 heavy (non-hydrogen) atoms. The molecule has 4 heteroatoms. The van der Waals surface area contributed by atoms with Crippen LogP contribution in [-0.2, 0) is 0 Å². The number of benzene rings is 1. The van der Waals surface area contributed by atoms with Crippen molar-refractivity contribution in [1.82, 2.24) is 4.98 Å².